The second-order valence-electron chi connectivity index (χ2n) is 6.71. The second-order valence-corrected chi connectivity index (χ2v) is 8.48. The highest BCUT2D eigenvalue weighted by atomic mass is 79.9. The van der Waals surface area contributed by atoms with Gasteiger partial charge in [0.05, 0.1) is 35.4 Å². The molecule has 1 unspecified atom stereocenters. The van der Waals surface area contributed by atoms with Crippen LogP contribution >= 0.6 is 31.9 Å². The lowest BCUT2D eigenvalue weighted by Crippen LogP contribution is -2.21. The van der Waals surface area contributed by atoms with E-state index < -0.39 is 5.92 Å². The number of halogens is 2. The number of nitrogens with two attached hydrogens (primary N) is 1. The third kappa shape index (κ3) is 3.77. The van der Waals surface area contributed by atoms with E-state index in [1.54, 1.807) is 7.11 Å². The van der Waals surface area contributed by atoms with Crippen LogP contribution in [-0.2, 0) is 0 Å². The maximum atomic E-state index is 9.95. The average Bonchev–Trinajstić information content (AvgIpc) is 3.16. The Balaban J connectivity index is 1.98. The molecular formula is C22H18Br2N4O3. The highest BCUT2D eigenvalue weighted by molar-refractivity contribution is 9.11. The number of nitrogens with zero attached hydrogens (tertiary/aromatic N) is 2. The zero-order chi connectivity index (χ0) is 22.1. The largest absolute Gasteiger partial charge is 0.495 e. The van der Waals surface area contributed by atoms with E-state index in [9.17, 15) is 5.26 Å². The van der Waals surface area contributed by atoms with Gasteiger partial charge in [0, 0.05) is 15.6 Å². The smallest absolute Gasteiger partial charge is 0.244 e. The van der Waals surface area contributed by atoms with E-state index in [0.29, 0.717) is 29.5 Å². The zero-order valence-corrected chi connectivity index (χ0v) is 19.9. The molecule has 4 rings (SSSR count). The van der Waals surface area contributed by atoms with Gasteiger partial charge in [-0.2, -0.15) is 5.26 Å². The minimum absolute atomic E-state index is 0.0132. The van der Waals surface area contributed by atoms with E-state index in [0.717, 1.165) is 25.8 Å². The van der Waals surface area contributed by atoms with Gasteiger partial charge in [-0.3, -0.25) is 5.10 Å². The normalized spacial score (nSPS) is 15.1. The lowest BCUT2D eigenvalue weighted by Gasteiger charge is -2.26. The summed E-state index contributed by atoms with van der Waals surface area (Å²) in [5.74, 6) is 1.10. The molecule has 7 nitrogen and oxygen atoms in total. The van der Waals surface area contributed by atoms with Gasteiger partial charge >= 0.3 is 0 Å². The Labute approximate surface area is 196 Å². The van der Waals surface area contributed by atoms with Crippen LogP contribution < -0.4 is 19.9 Å². The SMILES string of the molecule is CCOc1cccc(-c2[nH]nc3c2C(c2cc(Br)cc(Br)c2OC)C(C#N)=C(N)O3)c1. The molecule has 0 spiro atoms. The first-order valence-electron chi connectivity index (χ1n) is 9.40. The van der Waals surface area contributed by atoms with Gasteiger partial charge in [-0.1, -0.05) is 28.1 Å². The van der Waals surface area contributed by atoms with Gasteiger partial charge in [0.2, 0.25) is 11.8 Å². The van der Waals surface area contributed by atoms with Crippen molar-refractivity contribution in [3.05, 3.63) is 67.9 Å². The maximum absolute atomic E-state index is 9.95. The van der Waals surface area contributed by atoms with Crippen molar-refractivity contribution < 1.29 is 14.2 Å². The molecular weight excluding hydrogens is 528 g/mol. The second kappa shape index (κ2) is 8.65. The third-order valence-electron chi connectivity index (χ3n) is 4.92. The molecule has 9 heteroatoms. The van der Waals surface area contributed by atoms with Gasteiger partial charge in [-0.15, -0.1) is 5.10 Å². The van der Waals surface area contributed by atoms with Crippen LogP contribution in [0, 0.1) is 11.3 Å². The number of fused-ring (bicyclic) bond motifs is 1. The van der Waals surface area contributed by atoms with Crippen LogP contribution in [0.4, 0.5) is 0 Å². The molecule has 1 atom stereocenters. The summed E-state index contributed by atoms with van der Waals surface area (Å²) in [7, 11) is 1.58. The van der Waals surface area contributed by atoms with E-state index in [-0.39, 0.29) is 11.5 Å². The van der Waals surface area contributed by atoms with Crippen molar-refractivity contribution in [1.29, 1.82) is 5.26 Å². The van der Waals surface area contributed by atoms with Crippen molar-refractivity contribution in [2.75, 3.05) is 13.7 Å². The van der Waals surface area contributed by atoms with Gasteiger partial charge in [-0.25, -0.2) is 0 Å². The molecule has 3 aromatic rings. The Morgan fingerprint density at radius 3 is 2.81 bits per heavy atom. The Morgan fingerprint density at radius 2 is 2.10 bits per heavy atom. The molecule has 0 radical (unpaired) electrons. The average molecular weight is 546 g/mol. The number of ether oxygens (including phenoxy) is 3. The summed E-state index contributed by atoms with van der Waals surface area (Å²) < 4.78 is 18.6. The summed E-state index contributed by atoms with van der Waals surface area (Å²) in [4.78, 5) is 0. The number of allylic oxidation sites excluding steroid dienone is 1. The number of methoxy groups -OCH3 is 1. The van der Waals surface area contributed by atoms with E-state index in [4.69, 9.17) is 19.9 Å². The summed E-state index contributed by atoms with van der Waals surface area (Å²) >= 11 is 7.08. The Bertz CT molecular complexity index is 1230. The standard InChI is InChI=1S/C22H18Br2N4O3/c1-3-30-13-6-4-5-11(7-13)19-18-17(14-8-12(23)9-16(24)20(14)29-2)15(10-25)21(26)31-22(18)28-27-19/h4-9,17H,3,26H2,1-2H3,(H,27,28). The van der Waals surface area contributed by atoms with Crippen LogP contribution in [0.1, 0.15) is 24.0 Å². The summed E-state index contributed by atoms with van der Waals surface area (Å²) in [6.07, 6.45) is 0. The molecule has 0 saturated carbocycles. The predicted octanol–water partition coefficient (Wildman–Crippen LogP) is 5.23. The first kappa shape index (κ1) is 21.3. The van der Waals surface area contributed by atoms with Gasteiger partial charge in [0.25, 0.3) is 0 Å². The number of rotatable bonds is 5. The number of benzene rings is 2. The quantitative estimate of drug-likeness (QED) is 0.455. The van der Waals surface area contributed by atoms with Gasteiger partial charge < -0.3 is 19.9 Å². The molecule has 1 aliphatic heterocycles. The minimum Gasteiger partial charge on any atom is -0.495 e. The molecule has 1 aromatic heterocycles. The fraction of sp³-hybridized carbons (Fsp3) is 0.182. The monoisotopic (exact) mass is 544 g/mol. The number of hydrogen-bond acceptors (Lipinski definition) is 6. The van der Waals surface area contributed by atoms with E-state index in [2.05, 4.69) is 48.1 Å². The van der Waals surface area contributed by atoms with Crippen molar-refractivity contribution in [3.63, 3.8) is 0 Å². The van der Waals surface area contributed by atoms with Crippen molar-refractivity contribution in [2.45, 2.75) is 12.8 Å². The first-order valence-corrected chi connectivity index (χ1v) is 11.0. The van der Waals surface area contributed by atoms with Crippen LogP contribution in [0.5, 0.6) is 17.4 Å². The summed E-state index contributed by atoms with van der Waals surface area (Å²) in [5.41, 5.74) is 9.38. The fourth-order valence-corrected chi connectivity index (χ4v) is 5.11. The molecule has 2 heterocycles. The Kier molecular flexibility index (Phi) is 5.94. The third-order valence-corrected chi connectivity index (χ3v) is 5.97. The first-order chi connectivity index (χ1) is 15.0. The topological polar surface area (TPSA) is 106 Å². The lowest BCUT2D eigenvalue weighted by atomic mass is 9.82. The van der Waals surface area contributed by atoms with Crippen molar-refractivity contribution in [3.8, 4) is 34.7 Å². The highest BCUT2D eigenvalue weighted by Crippen LogP contribution is 2.50. The molecule has 0 saturated heterocycles. The molecule has 0 amide bonds. The van der Waals surface area contributed by atoms with E-state index >= 15 is 0 Å². The predicted molar refractivity (Wildman–Crippen MR) is 123 cm³/mol. The molecule has 0 bridgehead atoms. The van der Waals surface area contributed by atoms with Crippen molar-refractivity contribution in [1.82, 2.24) is 10.2 Å². The Hall–Kier alpha value is -2.96. The molecule has 31 heavy (non-hydrogen) atoms. The number of H-pyrrole nitrogens is 1. The molecule has 158 valence electrons. The summed E-state index contributed by atoms with van der Waals surface area (Å²) in [6.45, 7) is 2.48. The summed E-state index contributed by atoms with van der Waals surface area (Å²) in [6, 6.07) is 13.6. The molecule has 0 aliphatic carbocycles. The van der Waals surface area contributed by atoms with E-state index in [1.165, 1.54) is 0 Å². The van der Waals surface area contributed by atoms with Crippen LogP contribution in [0.3, 0.4) is 0 Å². The van der Waals surface area contributed by atoms with Crippen molar-refractivity contribution in [2.24, 2.45) is 5.73 Å². The number of aromatic amines is 1. The Morgan fingerprint density at radius 1 is 1.29 bits per heavy atom. The maximum Gasteiger partial charge on any atom is 0.244 e. The number of nitrogens with one attached hydrogen (secondary N) is 1. The fourth-order valence-electron chi connectivity index (χ4n) is 3.69. The number of aromatic nitrogens is 2. The number of hydrogen-bond donors (Lipinski definition) is 2. The van der Waals surface area contributed by atoms with Gasteiger partial charge in [-0.05, 0) is 47.1 Å². The number of nitriles is 1. The van der Waals surface area contributed by atoms with Crippen molar-refractivity contribution >= 4 is 31.9 Å². The highest BCUT2D eigenvalue weighted by Gasteiger charge is 2.37. The summed E-state index contributed by atoms with van der Waals surface area (Å²) in [5, 5.41) is 17.3. The van der Waals surface area contributed by atoms with Gasteiger partial charge in [0.15, 0.2) is 0 Å². The van der Waals surface area contributed by atoms with Gasteiger partial charge in [0.1, 0.15) is 23.1 Å². The van der Waals surface area contributed by atoms with Crippen LogP contribution in [0.15, 0.2) is 56.8 Å². The minimum atomic E-state index is -0.554. The molecule has 2 aromatic carbocycles. The van der Waals surface area contributed by atoms with Crippen LogP contribution in [-0.4, -0.2) is 23.9 Å². The lowest BCUT2D eigenvalue weighted by molar-refractivity contribution is 0.340. The zero-order valence-electron chi connectivity index (χ0n) is 16.7. The molecule has 0 fully saturated rings. The molecule has 3 N–H and O–H groups in total. The van der Waals surface area contributed by atoms with Crippen LogP contribution in [0.25, 0.3) is 11.3 Å². The van der Waals surface area contributed by atoms with Crippen LogP contribution in [0.2, 0.25) is 0 Å². The molecule has 1 aliphatic rings. The van der Waals surface area contributed by atoms with E-state index in [1.807, 2.05) is 43.3 Å².